The fourth-order valence-electron chi connectivity index (χ4n) is 2.45. The van der Waals surface area contributed by atoms with Gasteiger partial charge in [0.1, 0.15) is 11.3 Å². The SMILES string of the molecule is CC(C)N(Cc1ccccc1)C(=O)c1cn2ccccc2n1. The van der Waals surface area contributed by atoms with E-state index in [4.69, 9.17) is 0 Å². The Balaban J connectivity index is 1.89. The van der Waals surface area contributed by atoms with Crippen LogP contribution < -0.4 is 0 Å². The fraction of sp³-hybridized carbons (Fsp3) is 0.222. The monoisotopic (exact) mass is 293 g/mol. The predicted octanol–water partition coefficient (Wildman–Crippen LogP) is 3.39. The predicted molar refractivity (Wildman–Crippen MR) is 86.6 cm³/mol. The number of imidazole rings is 1. The molecule has 112 valence electrons. The molecule has 0 aliphatic carbocycles. The van der Waals surface area contributed by atoms with E-state index in [1.807, 2.05) is 77.9 Å². The summed E-state index contributed by atoms with van der Waals surface area (Å²) in [6, 6.07) is 15.9. The topological polar surface area (TPSA) is 37.6 Å². The Kier molecular flexibility index (Phi) is 3.92. The van der Waals surface area contributed by atoms with Crippen molar-refractivity contribution in [3.05, 3.63) is 72.2 Å². The van der Waals surface area contributed by atoms with Gasteiger partial charge in [0.25, 0.3) is 5.91 Å². The lowest BCUT2D eigenvalue weighted by Crippen LogP contribution is -2.36. The number of rotatable bonds is 4. The molecular formula is C18H19N3O. The van der Waals surface area contributed by atoms with E-state index in [2.05, 4.69) is 4.98 Å². The first kappa shape index (κ1) is 14.3. The quantitative estimate of drug-likeness (QED) is 0.739. The van der Waals surface area contributed by atoms with Gasteiger partial charge in [0.15, 0.2) is 0 Å². The van der Waals surface area contributed by atoms with Crippen molar-refractivity contribution in [1.29, 1.82) is 0 Å². The number of nitrogens with zero attached hydrogens (tertiary/aromatic N) is 3. The van der Waals surface area contributed by atoms with Gasteiger partial charge in [-0.2, -0.15) is 0 Å². The van der Waals surface area contributed by atoms with Crippen molar-refractivity contribution < 1.29 is 4.79 Å². The van der Waals surface area contributed by atoms with Crippen LogP contribution in [-0.2, 0) is 6.54 Å². The molecule has 4 heteroatoms. The highest BCUT2D eigenvalue weighted by Crippen LogP contribution is 2.14. The standard InChI is InChI=1S/C18H19N3O/c1-14(2)21(12-15-8-4-3-5-9-15)18(22)16-13-20-11-7-6-10-17(20)19-16/h3-11,13-14H,12H2,1-2H3. The summed E-state index contributed by atoms with van der Waals surface area (Å²) in [4.78, 5) is 19.1. The third-order valence-corrected chi connectivity index (χ3v) is 3.66. The van der Waals surface area contributed by atoms with Crippen molar-refractivity contribution in [1.82, 2.24) is 14.3 Å². The Labute approximate surface area is 130 Å². The smallest absolute Gasteiger partial charge is 0.274 e. The minimum atomic E-state index is -0.0393. The third-order valence-electron chi connectivity index (χ3n) is 3.66. The largest absolute Gasteiger partial charge is 0.331 e. The summed E-state index contributed by atoms with van der Waals surface area (Å²) in [6.45, 7) is 4.64. The number of hydrogen-bond acceptors (Lipinski definition) is 2. The van der Waals surface area contributed by atoms with Gasteiger partial charge < -0.3 is 9.30 Å². The van der Waals surface area contributed by atoms with Crippen LogP contribution in [0.1, 0.15) is 29.9 Å². The second-order valence-electron chi connectivity index (χ2n) is 5.60. The van der Waals surface area contributed by atoms with Gasteiger partial charge in [0, 0.05) is 25.0 Å². The van der Waals surface area contributed by atoms with Crippen LogP contribution in [0.5, 0.6) is 0 Å². The van der Waals surface area contributed by atoms with E-state index in [1.54, 1.807) is 6.20 Å². The lowest BCUT2D eigenvalue weighted by atomic mass is 10.2. The van der Waals surface area contributed by atoms with Crippen LogP contribution >= 0.6 is 0 Å². The van der Waals surface area contributed by atoms with Crippen molar-refractivity contribution in [2.75, 3.05) is 0 Å². The molecular weight excluding hydrogens is 274 g/mol. The van der Waals surface area contributed by atoms with Gasteiger partial charge in [0.05, 0.1) is 0 Å². The average molecular weight is 293 g/mol. The lowest BCUT2D eigenvalue weighted by molar-refractivity contribution is 0.0685. The minimum Gasteiger partial charge on any atom is -0.331 e. The highest BCUT2D eigenvalue weighted by molar-refractivity contribution is 5.93. The Morgan fingerprint density at radius 1 is 1.14 bits per heavy atom. The summed E-state index contributed by atoms with van der Waals surface area (Å²) in [7, 11) is 0. The second-order valence-corrected chi connectivity index (χ2v) is 5.60. The van der Waals surface area contributed by atoms with E-state index in [9.17, 15) is 4.79 Å². The fourth-order valence-corrected chi connectivity index (χ4v) is 2.45. The first-order valence-corrected chi connectivity index (χ1v) is 7.44. The van der Waals surface area contributed by atoms with E-state index in [0.29, 0.717) is 12.2 Å². The van der Waals surface area contributed by atoms with E-state index in [-0.39, 0.29) is 11.9 Å². The van der Waals surface area contributed by atoms with Gasteiger partial charge >= 0.3 is 0 Å². The van der Waals surface area contributed by atoms with Crippen LogP contribution in [0.2, 0.25) is 0 Å². The average Bonchev–Trinajstić information content (AvgIpc) is 2.97. The molecule has 0 aliphatic heterocycles. The molecule has 2 heterocycles. The number of hydrogen-bond donors (Lipinski definition) is 0. The van der Waals surface area contributed by atoms with E-state index in [1.165, 1.54) is 0 Å². The minimum absolute atomic E-state index is 0.0393. The Morgan fingerprint density at radius 2 is 1.86 bits per heavy atom. The van der Waals surface area contributed by atoms with Crippen LogP contribution in [0.4, 0.5) is 0 Å². The van der Waals surface area contributed by atoms with Crippen molar-refractivity contribution in [3.8, 4) is 0 Å². The maximum atomic E-state index is 12.8. The van der Waals surface area contributed by atoms with Crippen molar-refractivity contribution in [2.24, 2.45) is 0 Å². The van der Waals surface area contributed by atoms with E-state index >= 15 is 0 Å². The molecule has 0 bridgehead atoms. The number of benzene rings is 1. The molecule has 22 heavy (non-hydrogen) atoms. The zero-order valence-corrected chi connectivity index (χ0v) is 12.8. The Hall–Kier alpha value is -2.62. The summed E-state index contributed by atoms with van der Waals surface area (Å²) >= 11 is 0. The molecule has 4 nitrogen and oxygen atoms in total. The summed E-state index contributed by atoms with van der Waals surface area (Å²) in [6.07, 6.45) is 3.69. The van der Waals surface area contributed by atoms with Crippen molar-refractivity contribution in [2.45, 2.75) is 26.4 Å². The van der Waals surface area contributed by atoms with Crippen LogP contribution in [0.15, 0.2) is 60.9 Å². The number of aromatic nitrogens is 2. The molecule has 0 radical (unpaired) electrons. The molecule has 3 aromatic rings. The molecule has 2 aromatic heterocycles. The summed E-state index contributed by atoms with van der Waals surface area (Å²) in [5, 5.41) is 0. The van der Waals surface area contributed by atoms with Gasteiger partial charge in [-0.3, -0.25) is 4.79 Å². The highest BCUT2D eigenvalue weighted by Gasteiger charge is 2.21. The zero-order chi connectivity index (χ0) is 15.5. The van der Waals surface area contributed by atoms with Crippen molar-refractivity contribution in [3.63, 3.8) is 0 Å². The summed E-state index contributed by atoms with van der Waals surface area (Å²) < 4.78 is 1.87. The summed E-state index contributed by atoms with van der Waals surface area (Å²) in [5.41, 5.74) is 2.39. The second kappa shape index (κ2) is 6.02. The molecule has 0 aliphatic rings. The van der Waals surface area contributed by atoms with Gasteiger partial charge in [-0.1, -0.05) is 36.4 Å². The third kappa shape index (κ3) is 2.86. The number of carbonyl (C=O) groups is 1. The number of fused-ring (bicyclic) bond motifs is 1. The maximum Gasteiger partial charge on any atom is 0.274 e. The molecule has 0 unspecified atom stereocenters. The maximum absolute atomic E-state index is 12.8. The molecule has 0 saturated carbocycles. The van der Waals surface area contributed by atoms with Crippen LogP contribution in [-0.4, -0.2) is 26.2 Å². The molecule has 0 N–H and O–H groups in total. The molecule has 1 aromatic carbocycles. The highest BCUT2D eigenvalue weighted by atomic mass is 16.2. The number of pyridine rings is 1. The van der Waals surface area contributed by atoms with E-state index in [0.717, 1.165) is 11.2 Å². The molecule has 0 fully saturated rings. The van der Waals surface area contributed by atoms with Gasteiger partial charge in [-0.05, 0) is 31.5 Å². The molecule has 3 rings (SSSR count). The zero-order valence-electron chi connectivity index (χ0n) is 12.8. The van der Waals surface area contributed by atoms with Crippen molar-refractivity contribution >= 4 is 11.6 Å². The van der Waals surface area contributed by atoms with Crippen LogP contribution in [0.25, 0.3) is 5.65 Å². The normalized spacial score (nSPS) is 11.0. The molecule has 1 amide bonds. The first-order chi connectivity index (χ1) is 10.6. The van der Waals surface area contributed by atoms with E-state index < -0.39 is 0 Å². The number of amides is 1. The number of carbonyl (C=O) groups excluding carboxylic acids is 1. The molecule has 0 atom stereocenters. The molecule has 0 spiro atoms. The van der Waals surface area contributed by atoms with Crippen LogP contribution in [0.3, 0.4) is 0 Å². The first-order valence-electron chi connectivity index (χ1n) is 7.44. The Bertz CT molecular complexity index is 744. The van der Waals surface area contributed by atoms with Gasteiger partial charge in [-0.15, -0.1) is 0 Å². The molecule has 0 saturated heterocycles. The van der Waals surface area contributed by atoms with Gasteiger partial charge in [0.2, 0.25) is 0 Å². The summed E-state index contributed by atoms with van der Waals surface area (Å²) in [5.74, 6) is -0.0393. The van der Waals surface area contributed by atoms with Crippen LogP contribution in [0, 0.1) is 0 Å². The lowest BCUT2D eigenvalue weighted by Gasteiger charge is -2.26. The Morgan fingerprint density at radius 3 is 2.55 bits per heavy atom. The van der Waals surface area contributed by atoms with Gasteiger partial charge in [-0.25, -0.2) is 4.98 Å².